The highest BCUT2D eigenvalue weighted by atomic mass is 16.5. The molecule has 5 aromatic rings. The largest absolute Gasteiger partial charge is 0.493 e. The molecule has 0 fully saturated rings. The van der Waals surface area contributed by atoms with Crippen molar-refractivity contribution < 1.29 is 14.3 Å². The van der Waals surface area contributed by atoms with Gasteiger partial charge in [-0.1, -0.05) is 30.3 Å². The first-order valence-electron chi connectivity index (χ1n) is 10.8. The maximum atomic E-state index is 13.8. The SMILES string of the molecule is CCOc1cc(C(=O)/C(=C\c2c[nH]c3ccccc23)c2nc3ccccc3[nH]2)ccc1OC. The fourth-order valence-corrected chi connectivity index (χ4v) is 3.93. The number of methoxy groups -OCH3 is 1. The molecule has 0 aliphatic heterocycles. The number of hydrogen-bond donors (Lipinski definition) is 2. The smallest absolute Gasteiger partial charge is 0.196 e. The lowest BCUT2D eigenvalue weighted by atomic mass is 9.99. The maximum absolute atomic E-state index is 13.8. The molecule has 0 bridgehead atoms. The Balaban J connectivity index is 1.67. The van der Waals surface area contributed by atoms with E-state index in [1.807, 2.05) is 67.7 Å². The van der Waals surface area contributed by atoms with Gasteiger partial charge in [0.2, 0.25) is 0 Å². The topological polar surface area (TPSA) is 80.0 Å². The molecule has 0 spiro atoms. The summed E-state index contributed by atoms with van der Waals surface area (Å²) in [5, 5.41) is 1.03. The number of benzene rings is 3. The molecule has 0 aliphatic carbocycles. The second kappa shape index (κ2) is 8.67. The van der Waals surface area contributed by atoms with Crippen LogP contribution in [0.25, 0.3) is 33.6 Å². The van der Waals surface area contributed by atoms with Crippen molar-refractivity contribution in [1.82, 2.24) is 15.0 Å². The predicted octanol–water partition coefficient (Wildman–Crippen LogP) is 5.88. The van der Waals surface area contributed by atoms with Gasteiger partial charge in [-0.3, -0.25) is 4.79 Å². The van der Waals surface area contributed by atoms with Gasteiger partial charge in [0, 0.05) is 28.2 Å². The number of aromatic amines is 2. The number of Topliss-reactive ketones (excluding diaryl/α,β-unsaturated/α-hetero) is 1. The van der Waals surface area contributed by atoms with Gasteiger partial charge >= 0.3 is 0 Å². The van der Waals surface area contributed by atoms with Gasteiger partial charge in [-0.25, -0.2) is 4.98 Å². The van der Waals surface area contributed by atoms with Gasteiger partial charge in [-0.2, -0.15) is 0 Å². The van der Waals surface area contributed by atoms with E-state index in [1.54, 1.807) is 25.3 Å². The first-order valence-corrected chi connectivity index (χ1v) is 10.8. The van der Waals surface area contributed by atoms with Crippen LogP contribution in [0.4, 0.5) is 0 Å². The standard InChI is InChI=1S/C27H23N3O3/c1-3-33-25-15-17(12-13-24(25)32-2)26(31)20(27-29-22-10-6-7-11-23(22)30-27)14-18-16-28-21-9-5-4-8-19(18)21/h4-16,28H,3H2,1-2H3,(H,29,30)/b20-14+. The van der Waals surface area contributed by atoms with Gasteiger partial charge in [0.15, 0.2) is 17.3 Å². The van der Waals surface area contributed by atoms with Crippen LogP contribution in [-0.4, -0.2) is 34.5 Å². The van der Waals surface area contributed by atoms with Crippen LogP contribution in [0.1, 0.15) is 28.7 Å². The quantitative estimate of drug-likeness (QED) is 0.246. The van der Waals surface area contributed by atoms with E-state index in [4.69, 9.17) is 14.5 Å². The Morgan fingerprint density at radius 2 is 1.79 bits per heavy atom. The molecule has 0 saturated heterocycles. The molecule has 0 saturated carbocycles. The van der Waals surface area contributed by atoms with Crippen LogP contribution in [0.2, 0.25) is 0 Å². The fourth-order valence-electron chi connectivity index (χ4n) is 3.93. The second-order valence-corrected chi connectivity index (χ2v) is 7.58. The Morgan fingerprint density at radius 3 is 2.58 bits per heavy atom. The number of ketones is 1. The molecule has 0 atom stereocenters. The predicted molar refractivity (Wildman–Crippen MR) is 131 cm³/mol. The summed E-state index contributed by atoms with van der Waals surface area (Å²) in [5.41, 5.74) is 4.54. The van der Waals surface area contributed by atoms with Gasteiger partial charge in [0.25, 0.3) is 0 Å². The van der Waals surface area contributed by atoms with Gasteiger partial charge in [0.1, 0.15) is 5.82 Å². The molecule has 3 aromatic carbocycles. The molecule has 0 amide bonds. The summed E-state index contributed by atoms with van der Waals surface area (Å²) in [5.74, 6) is 1.46. The molecule has 0 radical (unpaired) electrons. The molecule has 2 heterocycles. The zero-order valence-electron chi connectivity index (χ0n) is 18.4. The van der Waals surface area contributed by atoms with Crippen LogP contribution < -0.4 is 9.47 Å². The number of hydrogen-bond acceptors (Lipinski definition) is 4. The van der Waals surface area contributed by atoms with E-state index in [0.29, 0.717) is 35.1 Å². The van der Waals surface area contributed by atoms with E-state index in [-0.39, 0.29) is 5.78 Å². The minimum Gasteiger partial charge on any atom is -0.493 e. The van der Waals surface area contributed by atoms with Gasteiger partial charge in [0.05, 0.1) is 30.3 Å². The number of carbonyl (C=O) groups is 1. The Kier molecular flexibility index (Phi) is 5.40. The van der Waals surface area contributed by atoms with Crippen molar-refractivity contribution in [3.05, 3.63) is 89.9 Å². The monoisotopic (exact) mass is 437 g/mol. The number of para-hydroxylation sites is 3. The highest BCUT2D eigenvalue weighted by Gasteiger charge is 2.20. The second-order valence-electron chi connectivity index (χ2n) is 7.58. The normalized spacial score (nSPS) is 11.8. The van der Waals surface area contributed by atoms with E-state index in [9.17, 15) is 4.79 Å². The first kappa shape index (κ1) is 20.6. The third-order valence-corrected chi connectivity index (χ3v) is 5.54. The van der Waals surface area contributed by atoms with E-state index < -0.39 is 0 Å². The summed E-state index contributed by atoms with van der Waals surface area (Å²) in [6.07, 6.45) is 3.78. The molecular formula is C27H23N3O3. The van der Waals surface area contributed by atoms with Crippen LogP contribution >= 0.6 is 0 Å². The van der Waals surface area contributed by atoms with Crippen molar-refractivity contribution in [3.8, 4) is 11.5 Å². The molecule has 2 N–H and O–H groups in total. The first-order chi connectivity index (χ1) is 16.2. The summed E-state index contributed by atoms with van der Waals surface area (Å²) in [4.78, 5) is 25.1. The van der Waals surface area contributed by atoms with Gasteiger partial charge in [-0.05, 0) is 49.4 Å². The lowest BCUT2D eigenvalue weighted by Crippen LogP contribution is -2.06. The van der Waals surface area contributed by atoms with Crippen molar-refractivity contribution in [2.75, 3.05) is 13.7 Å². The zero-order chi connectivity index (χ0) is 22.8. The van der Waals surface area contributed by atoms with E-state index in [2.05, 4.69) is 9.97 Å². The summed E-state index contributed by atoms with van der Waals surface area (Å²) in [6, 6.07) is 20.9. The van der Waals surface area contributed by atoms with Crippen molar-refractivity contribution >= 4 is 39.4 Å². The van der Waals surface area contributed by atoms with E-state index in [1.165, 1.54) is 0 Å². The van der Waals surface area contributed by atoms with Crippen molar-refractivity contribution in [1.29, 1.82) is 0 Å². The van der Waals surface area contributed by atoms with Crippen molar-refractivity contribution in [2.45, 2.75) is 6.92 Å². The lowest BCUT2D eigenvalue weighted by molar-refractivity contribution is 0.105. The van der Waals surface area contributed by atoms with E-state index >= 15 is 0 Å². The molecule has 164 valence electrons. The molecule has 0 aliphatic rings. The zero-order valence-corrected chi connectivity index (χ0v) is 18.4. The maximum Gasteiger partial charge on any atom is 0.196 e. The number of H-pyrrole nitrogens is 2. The molecule has 33 heavy (non-hydrogen) atoms. The number of fused-ring (bicyclic) bond motifs is 2. The van der Waals surface area contributed by atoms with Gasteiger partial charge < -0.3 is 19.4 Å². The van der Waals surface area contributed by atoms with Crippen LogP contribution in [0, 0.1) is 0 Å². The average Bonchev–Trinajstić information content (AvgIpc) is 3.46. The summed E-state index contributed by atoms with van der Waals surface area (Å²) >= 11 is 0. The van der Waals surface area contributed by atoms with Gasteiger partial charge in [-0.15, -0.1) is 0 Å². The van der Waals surface area contributed by atoms with Crippen LogP contribution in [-0.2, 0) is 0 Å². The highest BCUT2D eigenvalue weighted by molar-refractivity contribution is 6.32. The van der Waals surface area contributed by atoms with Crippen LogP contribution in [0.15, 0.2) is 72.9 Å². The summed E-state index contributed by atoms with van der Waals surface area (Å²) < 4.78 is 11.1. The van der Waals surface area contributed by atoms with Crippen LogP contribution in [0.5, 0.6) is 11.5 Å². The third kappa shape index (κ3) is 3.87. The number of imidazole rings is 1. The molecular weight excluding hydrogens is 414 g/mol. The highest BCUT2D eigenvalue weighted by Crippen LogP contribution is 2.32. The number of rotatable bonds is 7. The Labute approximate surface area is 190 Å². The third-order valence-electron chi connectivity index (χ3n) is 5.54. The molecule has 6 nitrogen and oxygen atoms in total. The molecule has 5 rings (SSSR count). The average molecular weight is 437 g/mol. The number of nitrogens with one attached hydrogen (secondary N) is 2. The Morgan fingerprint density at radius 1 is 1.00 bits per heavy atom. The number of nitrogens with zero attached hydrogens (tertiary/aromatic N) is 1. The lowest BCUT2D eigenvalue weighted by Gasteiger charge is -2.11. The van der Waals surface area contributed by atoms with Crippen molar-refractivity contribution in [3.63, 3.8) is 0 Å². The number of allylic oxidation sites excluding steroid dienone is 1. The van der Waals surface area contributed by atoms with E-state index in [0.717, 1.165) is 27.5 Å². The number of ether oxygens (including phenoxy) is 2. The minimum atomic E-state index is -0.164. The van der Waals surface area contributed by atoms with Crippen molar-refractivity contribution in [2.24, 2.45) is 0 Å². The summed E-state index contributed by atoms with van der Waals surface area (Å²) in [6.45, 7) is 2.36. The molecule has 6 heteroatoms. The van der Waals surface area contributed by atoms with Crippen LogP contribution in [0.3, 0.4) is 0 Å². The number of aromatic nitrogens is 3. The molecule has 0 unspecified atom stereocenters. The Hall–Kier alpha value is -4.32. The molecule has 2 aromatic heterocycles. The number of carbonyl (C=O) groups excluding carboxylic acids is 1. The summed E-state index contributed by atoms with van der Waals surface area (Å²) in [7, 11) is 1.58. The Bertz CT molecular complexity index is 1460. The fraction of sp³-hybridized carbons (Fsp3) is 0.111. The minimum absolute atomic E-state index is 0.164.